The van der Waals surface area contributed by atoms with Gasteiger partial charge in [0.15, 0.2) is 5.69 Å². The van der Waals surface area contributed by atoms with Gasteiger partial charge in [-0.3, -0.25) is 0 Å². The van der Waals surface area contributed by atoms with Crippen molar-refractivity contribution in [3.05, 3.63) is 137 Å². The van der Waals surface area contributed by atoms with E-state index in [0.717, 1.165) is 54.2 Å². The highest BCUT2D eigenvalue weighted by Gasteiger charge is 2.31. The van der Waals surface area contributed by atoms with Crippen molar-refractivity contribution in [2.75, 3.05) is 13.2 Å². The lowest BCUT2D eigenvalue weighted by molar-refractivity contribution is -0.138. The third kappa shape index (κ3) is 12.2. The Hall–Kier alpha value is -6.11. The number of rotatable bonds is 9. The summed E-state index contributed by atoms with van der Waals surface area (Å²) in [4.78, 5) is 3.39. The number of hydrogen-bond donors (Lipinski definition) is 1. The molecule has 9 nitrogen and oxygen atoms in total. The first-order valence-electron chi connectivity index (χ1n) is 18.8. The van der Waals surface area contributed by atoms with Crippen molar-refractivity contribution in [2.45, 2.75) is 71.5 Å². The summed E-state index contributed by atoms with van der Waals surface area (Å²) in [6, 6.07) is 27.4. The van der Waals surface area contributed by atoms with Gasteiger partial charge >= 0.3 is 12.4 Å². The Morgan fingerprint density at radius 3 is 1.46 bits per heavy atom. The van der Waals surface area contributed by atoms with E-state index in [4.69, 9.17) is 26.5 Å². The Kier molecular flexibility index (Phi) is 14.2. The number of halogens is 6. The van der Waals surface area contributed by atoms with E-state index in [0.29, 0.717) is 47.7 Å². The molecule has 310 valence electrons. The Morgan fingerprint density at radius 2 is 1.08 bits per heavy atom. The van der Waals surface area contributed by atoms with Crippen LogP contribution in [-0.2, 0) is 35.7 Å². The van der Waals surface area contributed by atoms with E-state index in [-0.39, 0.29) is 5.75 Å². The molecule has 0 bridgehead atoms. The number of alkyl halides is 6. The zero-order chi connectivity index (χ0) is 42.8. The van der Waals surface area contributed by atoms with Gasteiger partial charge in [0.25, 0.3) is 0 Å². The molecule has 2 N–H and O–H groups in total. The first-order chi connectivity index (χ1) is 28.0. The quantitative estimate of drug-likeness (QED) is 0.115. The van der Waals surface area contributed by atoms with Gasteiger partial charge in [-0.2, -0.15) is 36.5 Å². The van der Waals surface area contributed by atoms with Crippen LogP contribution in [0.4, 0.5) is 32.0 Å². The summed E-state index contributed by atoms with van der Waals surface area (Å²) in [5, 5.41) is 8.98. The van der Waals surface area contributed by atoms with Crippen molar-refractivity contribution in [1.82, 2.24) is 19.6 Å². The molecule has 0 atom stereocenters. The van der Waals surface area contributed by atoms with E-state index in [1.54, 1.807) is 39.7 Å². The fourth-order valence-corrected chi connectivity index (χ4v) is 5.69. The van der Waals surface area contributed by atoms with Crippen LogP contribution in [0.3, 0.4) is 0 Å². The summed E-state index contributed by atoms with van der Waals surface area (Å²) in [5.41, 5.74) is 8.70. The molecule has 15 heteroatoms. The Bertz CT molecular complexity index is 2310. The number of nitrogens with zero attached hydrogens (tertiary/aromatic N) is 5. The largest absolute Gasteiger partial charge is 0.439 e. The molecule has 0 saturated carbocycles. The maximum Gasteiger partial charge on any atom is 0.416 e. The monoisotopic (exact) mass is 818 g/mol. The fraction of sp³-hybridized carbons (Fsp3) is 0.295. The zero-order valence-electron chi connectivity index (χ0n) is 32.9. The highest BCUT2D eigenvalue weighted by molar-refractivity contribution is 5.66. The normalized spacial score (nSPS) is 12.8. The number of benzene rings is 4. The predicted octanol–water partition coefficient (Wildman–Crippen LogP) is 12.3. The van der Waals surface area contributed by atoms with Crippen LogP contribution in [0.5, 0.6) is 23.3 Å². The second-order valence-corrected chi connectivity index (χ2v) is 13.9. The van der Waals surface area contributed by atoms with Gasteiger partial charge in [-0.1, -0.05) is 36.4 Å². The average Bonchev–Trinajstić information content (AvgIpc) is 4.01. The van der Waals surface area contributed by atoms with Crippen LogP contribution < -0.4 is 15.2 Å². The van der Waals surface area contributed by atoms with Gasteiger partial charge in [0.05, 0.1) is 29.1 Å². The van der Waals surface area contributed by atoms with Crippen molar-refractivity contribution in [1.29, 1.82) is 0 Å². The highest BCUT2D eigenvalue weighted by Crippen LogP contribution is 2.35. The number of aryl methyl sites for hydroxylation is 2. The molecule has 0 amide bonds. The Labute approximate surface area is 338 Å². The highest BCUT2D eigenvalue weighted by atomic mass is 19.4. The first-order valence-corrected chi connectivity index (χ1v) is 18.8. The molecule has 1 fully saturated rings. The fourth-order valence-electron chi connectivity index (χ4n) is 5.69. The van der Waals surface area contributed by atoms with Gasteiger partial charge in [0.2, 0.25) is 11.8 Å². The van der Waals surface area contributed by atoms with Crippen molar-refractivity contribution in [3.63, 3.8) is 0 Å². The Balaban J connectivity index is 0.000000200. The van der Waals surface area contributed by atoms with Gasteiger partial charge in [0.1, 0.15) is 11.5 Å². The van der Waals surface area contributed by atoms with Crippen LogP contribution in [0.15, 0.2) is 109 Å². The molecule has 1 aliphatic heterocycles. The summed E-state index contributed by atoms with van der Waals surface area (Å²) in [7, 11) is 0. The third-order valence-electron chi connectivity index (χ3n) is 8.89. The lowest BCUT2D eigenvalue weighted by atomic mass is 9.93. The average molecular weight is 819 g/mol. The lowest BCUT2D eigenvalue weighted by Gasteiger charge is -2.19. The minimum atomic E-state index is -4.38. The number of hydrogen-bond acceptors (Lipinski definition) is 6. The lowest BCUT2D eigenvalue weighted by Crippen LogP contribution is -2.28. The first kappa shape index (κ1) is 44.0. The van der Waals surface area contributed by atoms with E-state index >= 15 is 0 Å². The maximum atomic E-state index is 12.7. The van der Waals surface area contributed by atoms with Crippen LogP contribution in [0.2, 0.25) is 0 Å². The molecule has 3 heterocycles. The van der Waals surface area contributed by atoms with Crippen molar-refractivity contribution >= 4 is 5.69 Å². The number of aromatic nitrogens is 4. The van der Waals surface area contributed by atoms with Gasteiger partial charge in [-0.05, 0) is 112 Å². The van der Waals surface area contributed by atoms with Crippen molar-refractivity contribution in [2.24, 2.45) is 5.73 Å². The topological polar surface area (TPSA) is 93.7 Å². The van der Waals surface area contributed by atoms with Crippen LogP contribution in [-0.4, -0.2) is 32.8 Å². The Morgan fingerprint density at radius 1 is 0.644 bits per heavy atom. The molecular weight excluding hydrogens is 775 g/mol. The van der Waals surface area contributed by atoms with Gasteiger partial charge in [0, 0.05) is 49.5 Å². The minimum Gasteiger partial charge on any atom is -0.439 e. The van der Waals surface area contributed by atoms with Crippen LogP contribution in [0, 0.1) is 6.57 Å². The number of ether oxygens (including phenoxy) is 3. The van der Waals surface area contributed by atoms with Crippen LogP contribution in [0.1, 0.15) is 57.2 Å². The molecule has 7 rings (SSSR count). The van der Waals surface area contributed by atoms with E-state index in [2.05, 4.69) is 15.0 Å². The molecule has 1 aliphatic rings. The maximum absolute atomic E-state index is 12.7. The summed E-state index contributed by atoms with van der Waals surface area (Å²) in [5.74, 6) is 1.46. The minimum absolute atomic E-state index is 0.286. The third-order valence-corrected chi connectivity index (χ3v) is 8.89. The summed E-state index contributed by atoms with van der Waals surface area (Å²) < 4.78 is 95.7. The summed E-state index contributed by atoms with van der Waals surface area (Å²) in [6.07, 6.45) is -6.20. The van der Waals surface area contributed by atoms with Crippen LogP contribution in [0.25, 0.3) is 27.4 Å². The molecule has 2 aromatic heterocycles. The van der Waals surface area contributed by atoms with Crippen molar-refractivity contribution in [3.8, 4) is 45.8 Å². The van der Waals surface area contributed by atoms with Gasteiger partial charge in [-0.25, -0.2) is 14.2 Å². The molecule has 4 aromatic carbocycles. The second-order valence-electron chi connectivity index (χ2n) is 13.9. The SMILES string of the molecule is C1CCOC1.CCn1nc(-c2cccc(C(C)(C)N)c2)cc1Oc1ccc(C(F)(F)F)cc1.[C-]#[N+]c1cccc(-c2cc(Oc3ccc(C(F)(F)F)cc3)n(CC)n2)c1. The molecule has 0 radical (unpaired) electrons. The summed E-state index contributed by atoms with van der Waals surface area (Å²) in [6.45, 7) is 17.8. The molecule has 6 aromatic rings. The molecular formula is C44H44F6N6O3. The predicted molar refractivity (Wildman–Crippen MR) is 213 cm³/mol. The van der Waals surface area contributed by atoms with E-state index < -0.39 is 29.0 Å². The smallest absolute Gasteiger partial charge is 0.416 e. The van der Waals surface area contributed by atoms with Crippen molar-refractivity contribution < 1.29 is 40.6 Å². The molecule has 0 unspecified atom stereocenters. The summed E-state index contributed by atoms with van der Waals surface area (Å²) >= 11 is 0. The van der Waals surface area contributed by atoms with E-state index in [1.807, 2.05) is 58.0 Å². The van der Waals surface area contributed by atoms with Gasteiger partial charge < -0.3 is 19.9 Å². The van der Waals surface area contributed by atoms with Gasteiger partial charge in [-0.15, -0.1) is 0 Å². The van der Waals surface area contributed by atoms with E-state index in [1.165, 1.54) is 37.1 Å². The molecule has 1 saturated heterocycles. The number of nitrogens with two attached hydrogens (primary N) is 1. The molecule has 0 aliphatic carbocycles. The zero-order valence-corrected chi connectivity index (χ0v) is 32.9. The van der Waals surface area contributed by atoms with Crippen LogP contribution >= 0.6 is 0 Å². The molecule has 59 heavy (non-hydrogen) atoms. The van der Waals surface area contributed by atoms with E-state index in [9.17, 15) is 26.3 Å². The standard InChI is InChI=1S/C21H22F3N3O.C19H14F3N3O.C4H8O/c1-4-27-19(28-17-10-8-15(9-11-17)21(22,23)24)13-18(26-27)14-6-5-7-16(12-14)20(2,3)25;1-3-25-18(26-16-9-7-14(8-10-16)19(20,21)22)12-17(24-25)13-5-4-6-15(11-13)23-2;1-2-4-5-3-1/h5-13H,4,25H2,1-3H3;4-12H,3H2,1H3;1-4H2. The second kappa shape index (κ2) is 19.1. The molecule has 0 spiro atoms.